The number of aryl methyl sites for hydroxylation is 1. The van der Waals surface area contributed by atoms with Crippen LogP contribution in [0.15, 0.2) is 59.6 Å². The number of carbonyl (C=O) groups is 1. The molecule has 7 heteroatoms. The Morgan fingerprint density at radius 2 is 2.03 bits per heavy atom. The number of aromatic nitrogens is 2. The number of thioether (sulfide) groups is 1. The van der Waals surface area contributed by atoms with Crippen LogP contribution in [0.1, 0.15) is 24.5 Å². The first-order valence-corrected chi connectivity index (χ1v) is 10.9. The van der Waals surface area contributed by atoms with Gasteiger partial charge in [0.1, 0.15) is 15.8 Å². The summed E-state index contributed by atoms with van der Waals surface area (Å²) in [6.07, 6.45) is 4.75. The average molecular weight is 436 g/mol. The van der Waals surface area contributed by atoms with Crippen LogP contribution in [0.4, 0.5) is 0 Å². The van der Waals surface area contributed by atoms with E-state index >= 15 is 0 Å². The van der Waals surface area contributed by atoms with Crippen molar-refractivity contribution >= 4 is 40.3 Å². The van der Waals surface area contributed by atoms with E-state index in [1.54, 1.807) is 0 Å². The molecule has 0 saturated carbocycles. The first-order valence-electron chi connectivity index (χ1n) is 9.69. The zero-order valence-corrected chi connectivity index (χ0v) is 18.3. The molecule has 30 heavy (non-hydrogen) atoms. The molecule has 5 nitrogen and oxygen atoms in total. The molecule has 1 aliphatic rings. The van der Waals surface area contributed by atoms with Crippen LogP contribution in [0.3, 0.4) is 0 Å². The lowest BCUT2D eigenvalue weighted by molar-refractivity contribution is -0.115. The summed E-state index contributed by atoms with van der Waals surface area (Å²) in [7, 11) is 0. The normalized spacial score (nSPS) is 14.9. The van der Waals surface area contributed by atoms with E-state index in [1.165, 1.54) is 11.8 Å². The second kappa shape index (κ2) is 8.85. The quantitative estimate of drug-likeness (QED) is 0.430. The maximum Gasteiger partial charge on any atom is 0.263 e. The van der Waals surface area contributed by atoms with Crippen molar-refractivity contribution in [3.05, 3.63) is 70.8 Å². The van der Waals surface area contributed by atoms with Gasteiger partial charge in [-0.3, -0.25) is 4.79 Å². The first-order chi connectivity index (χ1) is 14.5. The highest BCUT2D eigenvalue weighted by molar-refractivity contribution is 8.26. The van der Waals surface area contributed by atoms with Crippen molar-refractivity contribution in [1.29, 1.82) is 0 Å². The van der Waals surface area contributed by atoms with E-state index in [9.17, 15) is 4.79 Å². The average Bonchev–Trinajstić information content (AvgIpc) is 3.30. The van der Waals surface area contributed by atoms with Gasteiger partial charge in [0.2, 0.25) is 0 Å². The van der Waals surface area contributed by atoms with Crippen molar-refractivity contribution < 1.29 is 9.53 Å². The number of rotatable bonds is 6. The van der Waals surface area contributed by atoms with Gasteiger partial charge in [-0.1, -0.05) is 49.1 Å². The summed E-state index contributed by atoms with van der Waals surface area (Å²) in [5, 5.41) is 7.51. The lowest BCUT2D eigenvalue weighted by atomic mass is 10.0. The van der Waals surface area contributed by atoms with Crippen molar-refractivity contribution in [3.63, 3.8) is 0 Å². The molecule has 1 aromatic heterocycles. The smallest absolute Gasteiger partial charge is 0.263 e. The Morgan fingerprint density at radius 1 is 1.23 bits per heavy atom. The number of nitrogens with zero attached hydrogens (tertiary/aromatic N) is 2. The van der Waals surface area contributed by atoms with Crippen molar-refractivity contribution in [3.8, 4) is 22.7 Å². The standard InChI is InChI=1S/C23H21N3O2S2/c1-3-11-28-18-9-10-19(15(2)12-18)21-16(13-20-22(27)24-23(29)30-20)14-26(25-21)17-7-5-4-6-8-17/h4-10,12-14H,3,11H2,1-2H3,(H,24,27,29). The third kappa shape index (κ3) is 4.32. The van der Waals surface area contributed by atoms with Gasteiger partial charge in [0, 0.05) is 17.3 Å². The molecular formula is C23H21N3O2S2. The molecule has 2 aromatic carbocycles. The minimum absolute atomic E-state index is 0.177. The Bertz CT molecular complexity index is 1140. The van der Waals surface area contributed by atoms with Gasteiger partial charge in [-0.25, -0.2) is 4.68 Å². The Hall–Kier alpha value is -2.90. The van der Waals surface area contributed by atoms with E-state index in [1.807, 2.05) is 72.4 Å². The molecule has 0 atom stereocenters. The molecule has 4 rings (SSSR count). The molecule has 3 aromatic rings. The fourth-order valence-corrected chi connectivity index (χ4v) is 4.22. The number of amides is 1. The van der Waals surface area contributed by atoms with E-state index in [-0.39, 0.29) is 5.91 Å². The van der Waals surface area contributed by atoms with E-state index in [0.717, 1.165) is 40.2 Å². The van der Waals surface area contributed by atoms with Crippen molar-refractivity contribution in [2.45, 2.75) is 20.3 Å². The van der Waals surface area contributed by atoms with Gasteiger partial charge in [0.05, 0.1) is 17.2 Å². The first kappa shape index (κ1) is 20.4. The minimum atomic E-state index is -0.177. The SMILES string of the molecule is CCCOc1ccc(-c2nn(-c3ccccc3)cc2C=C2SC(=S)NC2=O)c(C)c1. The maximum absolute atomic E-state index is 12.2. The Labute approximate surface area is 185 Å². The lowest BCUT2D eigenvalue weighted by Crippen LogP contribution is -2.17. The molecule has 2 heterocycles. The summed E-state index contributed by atoms with van der Waals surface area (Å²) in [6, 6.07) is 15.9. The molecule has 0 spiro atoms. The third-order valence-corrected chi connectivity index (χ3v) is 5.78. The van der Waals surface area contributed by atoms with Gasteiger partial charge < -0.3 is 10.1 Å². The number of benzene rings is 2. The Morgan fingerprint density at radius 3 is 2.70 bits per heavy atom. The highest BCUT2D eigenvalue weighted by Gasteiger charge is 2.23. The molecule has 0 bridgehead atoms. The Kier molecular flexibility index (Phi) is 6.01. The molecule has 0 aliphatic carbocycles. The zero-order valence-electron chi connectivity index (χ0n) is 16.7. The number of para-hydroxylation sites is 1. The van der Waals surface area contributed by atoms with Gasteiger partial charge in [-0.05, 0) is 55.3 Å². The number of nitrogens with one attached hydrogen (secondary N) is 1. The van der Waals surface area contributed by atoms with Gasteiger partial charge in [0.25, 0.3) is 5.91 Å². The molecule has 1 saturated heterocycles. The topological polar surface area (TPSA) is 56.1 Å². The summed E-state index contributed by atoms with van der Waals surface area (Å²) >= 11 is 6.39. The summed E-state index contributed by atoms with van der Waals surface area (Å²) in [5.41, 5.74) is 4.65. The summed E-state index contributed by atoms with van der Waals surface area (Å²) in [6.45, 7) is 4.81. The van der Waals surface area contributed by atoms with Crippen molar-refractivity contribution in [2.24, 2.45) is 0 Å². The van der Waals surface area contributed by atoms with Crippen molar-refractivity contribution in [2.75, 3.05) is 6.61 Å². The van der Waals surface area contributed by atoms with Crippen LogP contribution in [-0.4, -0.2) is 26.6 Å². The highest BCUT2D eigenvalue weighted by Crippen LogP contribution is 2.33. The zero-order chi connectivity index (χ0) is 21.1. The van der Waals surface area contributed by atoms with E-state index in [0.29, 0.717) is 15.8 Å². The summed E-state index contributed by atoms with van der Waals surface area (Å²) in [5.74, 6) is 0.667. The van der Waals surface area contributed by atoms with Crippen LogP contribution in [0.25, 0.3) is 23.0 Å². The molecule has 1 N–H and O–H groups in total. The number of hydrogen-bond donors (Lipinski definition) is 1. The lowest BCUT2D eigenvalue weighted by Gasteiger charge is -2.09. The highest BCUT2D eigenvalue weighted by atomic mass is 32.2. The van der Waals surface area contributed by atoms with E-state index in [2.05, 4.69) is 12.2 Å². The number of hydrogen-bond acceptors (Lipinski definition) is 5. The second-order valence-electron chi connectivity index (χ2n) is 6.89. The van der Waals surface area contributed by atoms with Gasteiger partial charge in [-0.15, -0.1) is 0 Å². The Balaban J connectivity index is 1.80. The minimum Gasteiger partial charge on any atom is -0.494 e. The molecule has 0 unspecified atom stereocenters. The van der Waals surface area contributed by atoms with Crippen LogP contribution in [0.5, 0.6) is 5.75 Å². The maximum atomic E-state index is 12.2. The number of thiocarbonyl (C=S) groups is 1. The number of ether oxygens (including phenoxy) is 1. The van der Waals surface area contributed by atoms with Gasteiger partial charge in [0.15, 0.2) is 0 Å². The van der Waals surface area contributed by atoms with Crippen LogP contribution >= 0.6 is 24.0 Å². The summed E-state index contributed by atoms with van der Waals surface area (Å²) < 4.78 is 8.06. The van der Waals surface area contributed by atoms with E-state index < -0.39 is 0 Å². The predicted molar refractivity (Wildman–Crippen MR) is 126 cm³/mol. The third-order valence-electron chi connectivity index (χ3n) is 4.62. The predicted octanol–water partition coefficient (Wildman–Crippen LogP) is 5.13. The van der Waals surface area contributed by atoms with Gasteiger partial charge in [-0.2, -0.15) is 5.10 Å². The van der Waals surface area contributed by atoms with Crippen LogP contribution in [0, 0.1) is 6.92 Å². The largest absolute Gasteiger partial charge is 0.494 e. The van der Waals surface area contributed by atoms with Crippen LogP contribution < -0.4 is 10.1 Å². The molecule has 152 valence electrons. The molecular weight excluding hydrogens is 414 g/mol. The monoisotopic (exact) mass is 435 g/mol. The number of carbonyl (C=O) groups excluding carboxylic acids is 1. The van der Waals surface area contributed by atoms with Gasteiger partial charge >= 0.3 is 0 Å². The molecule has 0 radical (unpaired) electrons. The van der Waals surface area contributed by atoms with Crippen molar-refractivity contribution in [1.82, 2.24) is 15.1 Å². The second-order valence-corrected chi connectivity index (χ2v) is 8.61. The fraction of sp³-hybridized carbons (Fsp3) is 0.174. The summed E-state index contributed by atoms with van der Waals surface area (Å²) in [4.78, 5) is 12.8. The van der Waals surface area contributed by atoms with E-state index in [4.69, 9.17) is 22.1 Å². The van der Waals surface area contributed by atoms with Crippen LogP contribution in [-0.2, 0) is 4.79 Å². The fourth-order valence-electron chi connectivity index (χ4n) is 3.19. The van der Waals surface area contributed by atoms with Crippen LogP contribution in [0.2, 0.25) is 0 Å². The molecule has 1 amide bonds. The molecule has 1 aliphatic heterocycles. The molecule has 1 fully saturated rings.